The Morgan fingerprint density at radius 3 is 2.44 bits per heavy atom. The van der Waals surface area contributed by atoms with E-state index in [2.05, 4.69) is 20.5 Å². The Bertz CT molecular complexity index is 1560. The van der Waals surface area contributed by atoms with Gasteiger partial charge in [-0.1, -0.05) is 0 Å². The number of carbonyl (C=O) groups is 2. The molecule has 41 heavy (non-hydrogen) atoms. The van der Waals surface area contributed by atoms with Gasteiger partial charge in [0.2, 0.25) is 5.60 Å². The molecule has 0 spiro atoms. The van der Waals surface area contributed by atoms with Crippen molar-refractivity contribution in [3.05, 3.63) is 66.2 Å². The Morgan fingerprint density at radius 1 is 1.15 bits per heavy atom. The van der Waals surface area contributed by atoms with E-state index in [1.807, 2.05) is 0 Å². The van der Waals surface area contributed by atoms with Gasteiger partial charge in [0.15, 0.2) is 0 Å². The molecule has 2 N–H and O–H groups in total. The molecule has 0 aliphatic carbocycles. The number of amides is 2. The predicted octanol–water partition coefficient (Wildman–Crippen LogP) is 3.83. The summed E-state index contributed by atoms with van der Waals surface area (Å²) in [5.41, 5.74) is -2.66. The van der Waals surface area contributed by atoms with Crippen LogP contribution in [0.1, 0.15) is 24.2 Å². The molecule has 1 aliphatic rings. The van der Waals surface area contributed by atoms with Gasteiger partial charge in [-0.05, 0) is 56.3 Å². The van der Waals surface area contributed by atoms with Crippen LogP contribution in [0, 0.1) is 5.82 Å². The van der Waals surface area contributed by atoms with Gasteiger partial charge in [-0.15, -0.1) is 0 Å². The monoisotopic (exact) mass is 599 g/mol. The van der Waals surface area contributed by atoms with Crippen molar-refractivity contribution in [3.8, 4) is 5.75 Å². The second kappa shape index (κ2) is 10.9. The van der Waals surface area contributed by atoms with Gasteiger partial charge in [-0.3, -0.25) is 19.1 Å². The molecule has 0 radical (unpaired) electrons. The number of nitrogens with one attached hydrogen (secondary N) is 2. The summed E-state index contributed by atoms with van der Waals surface area (Å²) >= 11 is 0. The lowest BCUT2D eigenvalue weighted by Gasteiger charge is -2.36. The van der Waals surface area contributed by atoms with Crippen LogP contribution in [0.5, 0.6) is 5.75 Å². The number of aromatic nitrogens is 2. The minimum Gasteiger partial charge on any atom is -0.484 e. The van der Waals surface area contributed by atoms with Crippen LogP contribution in [0.15, 0.2) is 59.8 Å². The van der Waals surface area contributed by atoms with Gasteiger partial charge in [0.25, 0.3) is 15.9 Å². The Hall–Kier alpha value is -4.34. The first-order chi connectivity index (χ1) is 19.1. The van der Waals surface area contributed by atoms with Gasteiger partial charge >= 0.3 is 12.3 Å². The number of rotatable bonds is 7. The summed E-state index contributed by atoms with van der Waals surface area (Å²) in [6.07, 6.45) is -4.29. The van der Waals surface area contributed by atoms with E-state index in [1.54, 1.807) is 7.05 Å². The first kappa shape index (κ1) is 29.6. The molecule has 1 aliphatic heterocycles. The predicted molar refractivity (Wildman–Crippen MR) is 138 cm³/mol. The molecule has 0 saturated carbocycles. The number of benzene rings is 2. The number of sulfonamides is 1. The molecule has 220 valence electrons. The zero-order chi connectivity index (χ0) is 30.2. The number of carbonyl (C=O) groups excluding carboxylic acids is 2. The van der Waals surface area contributed by atoms with E-state index in [0.29, 0.717) is 13.8 Å². The van der Waals surface area contributed by atoms with Crippen LogP contribution in [0.3, 0.4) is 0 Å². The molecule has 16 heteroatoms. The number of alkyl halides is 3. The quantitative estimate of drug-likeness (QED) is 0.395. The van der Waals surface area contributed by atoms with E-state index in [4.69, 9.17) is 4.74 Å². The Morgan fingerprint density at radius 2 is 1.83 bits per heavy atom. The molecule has 11 nitrogen and oxygen atoms in total. The van der Waals surface area contributed by atoms with Crippen LogP contribution >= 0.6 is 0 Å². The van der Waals surface area contributed by atoms with Crippen LogP contribution < -0.4 is 19.7 Å². The van der Waals surface area contributed by atoms with E-state index in [1.165, 1.54) is 35.3 Å². The molecule has 3 aromatic rings. The standard InChI is InChI=1S/C25H25F4N5O6S/c1-24(2,25(27,28)29)40-23(36)32-17-6-9-21-20(10-17)34(41(37,38)19-7-4-16(26)5-8-19)14-18(39-21)12-30-22(35)15-11-31-33(3)13-15/h4-11,13,18H,12,14H2,1-3H3,(H,30,35)(H,32,36). The molecular formula is C25H25F4N5O6S. The highest BCUT2D eigenvalue weighted by atomic mass is 32.2. The fourth-order valence-corrected chi connectivity index (χ4v) is 5.24. The molecule has 4 rings (SSSR count). The number of hydrogen-bond acceptors (Lipinski definition) is 7. The van der Waals surface area contributed by atoms with Crippen molar-refractivity contribution >= 4 is 33.4 Å². The second-order valence-corrected chi connectivity index (χ2v) is 11.4. The van der Waals surface area contributed by atoms with E-state index in [9.17, 15) is 35.6 Å². The number of halogens is 4. The first-order valence-corrected chi connectivity index (χ1v) is 13.4. The summed E-state index contributed by atoms with van der Waals surface area (Å²) in [6, 6.07) is 7.84. The number of hydrogen-bond donors (Lipinski definition) is 2. The number of ether oxygens (including phenoxy) is 2. The third kappa shape index (κ3) is 6.53. The fourth-order valence-electron chi connectivity index (χ4n) is 3.74. The number of fused-ring (bicyclic) bond motifs is 1. The largest absolute Gasteiger partial charge is 0.484 e. The molecule has 1 unspecified atom stereocenters. The van der Waals surface area contributed by atoms with E-state index < -0.39 is 45.7 Å². The molecule has 2 amide bonds. The summed E-state index contributed by atoms with van der Waals surface area (Å²) in [5, 5.41) is 8.73. The summed E-state index contributed by atoms with van der Waals surface area (Å²) < 4.78 is 92.9. The SMILES string of the molecule is Cn1cc(C(=O)NCC2CN(S(=O)(=O)c3ccc(F)cc3)c3cc(NC(=O)OC(C)(C)C(F)(F)F)ccc3O2)cn1. The molecule has 0 saturated heterocycles. The minimum atomic E-state index is -4.84. The number of nitrogens with zero attached hydrogens (tertiary/aromatic N) is 3. The smallest absolute Gasteiger partial charge is 0.427 e. The van der Waals surface area contributed by atoms with Crippen LogP contribution in [0.25, 0.3) is 0 Å². The number of anilines is 2. The van der Waals surface area contributed by atoms with E-state index in [-0.39, 0.29) is 40.7 Å². The normalized spacial score (nSPS) is 15.5. The van der Waals surface area contributed by atoms with Gasteiger partial charge in [0, 0.05) is 18.9 Å². The minimum absolute atomic E-state index is 0.0390. The van der Waals surface area contributed by atoms with Crippen molar-refractivity contribution in [3.63, 3.8) is 0 Å². The lowest BCUT2D eigenvalue weighted by molar-refractivity contribution is -0.242. The number of aryl methyl sites for hydroxylation is 1. The molecule has 0 bridgehead atoms. The first-order valence-electron chi connectivity index (χ1n) is 12.0. The van der Waals surface area contributed by atoms with E-state index in [0.717, 1.165) is 28.6 Å². The summed E-state index contributed by atoms with van der Waals surface area (Å²) in [6.45, 7) is 0.936. The Balaban J connectivity index is 1.61. The fraction of sp³-hybridized carbons (Fsp3) is 0.320. The maximum Gasteiger partial charge on any atom is 0.427 e. The lowest BCUT2D eigenvalue weighted by atomic mass is 10.1. The highest BCUT2D eigenvalue weighted by molar-refractivity contribution is 7.92. The zero-order valence-electron chi connectivity index (χ0n) is 21.9. The van der Waals surface area contributed by atoms with E-state index >= 15 is 0 Å². The van der Waals surface area contributed by atoms with Gasteiger partial charge in [0.05, 0.1) is 35.4 Å². The summed E-state index contributed by atoms with van der Waals surface area (Å²) in [5.74, 6) is -1.09. The van der Waals surface area contributed by atoms with Crippen molar-refractivity contribution in [2.75, 3.05) is 22.7 Å². The average Bonchev–Trinajstić information content (AvgIpc) is 3.32. The van der Waals surface area contributed by atoms with Crippen LogP contribution in [-0.4, -0.2) is 61.2 Å². The van der Waals surface area contributed by atoms with Crippen molar-refractivity contribution in [1.82, 2.24) is 15.1 Å². The zero-order valence-corrected chi connectivity index (χ0v) is 22.7. The van der Waals surface area contributed by atoms with Crippen molar-refractivity contribution in [2.24, 2.45) is 7.05 Å². The molecular weight excluding hydrogens is 574 g/mol. The molecule has 1 aromatic heterocycles. The highest BCUT2D eigenvalue weighted by Gasteiger charge is 2.51. The maximum atomic E-state index is 13.6. The van der Waals surface area contributed by atoms with Crippen LogP contribution in [0.2, 0.25) is 0 Å². The lowest BCUT2D eigenvalue weighted by Crippen LogP contribution is -2.48. The Kier molecular flexibility index (Phi) is 7.89. The average molecular weight is 600 g/mol. The van der Waals surface area contributed by atoms with Crippen molar-refractivity contribution in [2.45, 2.75) is 36.6 Å². The molecule has 2 heterocycles. The third-order valence-corrected chi connectivity index (χ3v) is 7.82. The summed E-state index contributed by atoms with van der Waals surface area (Å²) in [4.78, 5) is 24.4. The van der Waals surface area contributed by atoms with Crippen molar-refractivity contribution in [1.29, 1.82) is 0 Å². The maximum absolute atomic E-state index is 13.6. The van der Waals surface area contributed by atoms with Crippen LogP contribution in [0.4, 0.5) is 33.7 Å². The molecule has 2 aromatic carbocycles. The highest BCUT2D eigenvalue weighted by Crippen LogP contribution is 2.39. The van der Waals surface area contributed by atoms with Crippen LogP contribution in [-0.2, 0) is 21.8 Å². The Labute approximate surface area is 232 Å². The van der Waals surface area contributed by atoms with Gasteiger partial charge in [-0.2, -0.15) is 18.3 Å². The topological polar surface area (TPSA) is 132 Å². The molecule has 0 fully saturated rings. The summed E-state index contributed by atoms with van der Waals surface area (Å²) in [7, 11) is -2.70. The van der Waals surface area contributed by atoms with Gasteiger partial charge in [0.1, 0.15) is 17.7 Å². The second-order valence-electron chi connectivity index (χ2n) is 9.55. The molecule has 1 atom stereocenters. The van der Waals surface area contributed by atoms with Crippen molar-refractivity contribution < 1.29 is 45.0 Å². The third-order valence-electron chi connectivity index (χ3n) is 6.03. The van der Waals surface area contributed by atoms with Gasteiger partial charge in [-0.25, -0.2) is 17.6 Å². The van der Waals surface area contributed by atoms with Gasteiger partial charge < -0.3 is 14.8 Å².